The molecule has 10 nitrogen and oxygen atoms in total. The molecular weight excluding hydrogens is 639 g/mol. The van der Waals surface area contributed by atoms with Crippen molar-refractivity contribution in [2.24, 2.45) is 0 Å². The van der Waals surface area contributed by atoms with Gasteiger partial charge in [0.05, 0.1) is 10.6 Å². The van der Waals surface area contributed by atoms with Gasteiger partial charge in [0.25, 0.3) is 0 Å². The van der Waals surface area contributed by atoms with Crippen molar-refractivity contribution in [1.82, 2.24) is 25.6 Å². The summed E-state index contributed by atoms with van der Waals surface area (Å²) in [7, 11) is -3.74. The van der Waals surface area contributed by atoms with Gasteiger partial charge in [0.15, 0.2) is 9.84 Å². The second-order valence-corrected chi connectivity index (χ2v) is 13.9. The van der Waals surface area contributed by atoms with Gasteiger partial charge in [-0.25, -0.2) is 13.2 Å². The molecule has 4 aromatic rings. The zero-order valence-electron chi connectivity index (χ0n) is 28.1. The van der Waals surface area contributed by atoms with Crippen molar-refractivity contribution in [2.75, 3.05) is 0 Å². The van der Waals surface area contributed by atoms with Gasteiger partial charge in [-0.15, -0.1) is 5.10 Å². The van der Waals surface area contributed by atoms with Crippen LogP contribution in [0, 0.1) is 0 Å². The van der Waals surface area contributed by atoms with Crippen LogP contribution >= 0.6 is 0 Å². The fourth-order valence-electron chi connectivity index (χ4n) is 5.29. The Morgan fingerprint density at radius 2 is 1.51 bits per heavy atom. The number of carbonyl (C=O) groups excluding carboxylic acids is 2. The Bertz CT molecular complexity index is 1700. The van der Waals surface area contributed by atoms with E-state index in [-0.39, 0.29) is 17.9 Å². The molecule has 2 atom stereocenters. The van der Waals surface area contributed by atoms with Crippen LogP contribution in [0.5, 0.6) is 0 Å². The van der Waals surface area contributed by atoms with Gasteiger partial charge in [0.1, 0.15) is 12.6 Å². The van der Waals surface area contributed by atoms with Crippen LogP contribution in [0.2, 0.25) is 0 Å². The van der Waals surface area contributed by atoms with E-state index in [0.29, 0.717) is 19.4 Å². The molecule has 11 heteroatoms. The highest BCUT2D eigenvalue weighted by Gasteiger charge is 2.24. The van der Waals surface area contributed by atoms with E-state index in [1.807, 2.05) is 71.5 Å². The normalized spacial score (nSPS) is 12.8. The first-order valence-corrected chi connectivity index (χ1v) is 18.6. The van der Waals surface area contributed by atoms with Gasteiger partial charge in [0, 0.05) is 30.6 Å². The summed E-state index contributed by atoms with van der Waals surface area (Å²) in [5.41, 5.74) is 2.65. The fraction of sp³-hybridized carbons (Fsp3) is 0.368. The molecule has 0 radical (unpaired) electrons. The van der Waals surface area contributed by atoms with Crippen LogP contribution in [0.1, 0.15) is 68.7 Å². The zero-order valence-corrected chi connectivity index (χ0v) is 28.9. The number of nitrogens with one attached hydrogen (secondary N) is 2. The molecule has 1 heterocycles. The molecule has 0 saturated carbocycles. The standard InChI is InChI=1S/C38H47N5O5S/c1-2-3-4-12-22-34-29-43(42-41-34)26-16-15-21-33(25-27-49(46,47)35-23-13-7-14-24-35)39-37(44)36(28-31-17-8-5-9-18-31)40-38(45)48-30-32-19-10-6-11-20-32/h5-11,13-14,17-20,23-25,27,29,33,36H,2-4,12,15-16,21-22,26,28,30H2,1H3,(H,39,44)(H,40,45)/b27-25+/t33-,36-/m0/s1. The van der Waals surface area contributed by atoms with Crippen LogP contribution in [-0.2, 0) is 45.4 Å². The summed E-state index contributed by atoms with van der Waals surface area (Å²) in [6.45, 7) is 2.90. The molecule has 1 aromatic heterocycles. The van der Waals surface area contributed by atoms with Gasteiger partial charge >= 0.3 is 6.09 Å². The quantitative estimate of drug-likeness (QED) is 0.100. The third-order valence-electron chi connectivity index (χ3n) is 8.02. The molecule has 0 unspecified atom stereocenters. The second kappa shape index (κ2) is 19.9. The maximum Gasteiger partial charge on any atom is 0.408 e. The number of unbranched alkanes of at least 4 members (excludes halogenated alkanes) is 4. The lowest BCUT2D eigenvalue weighted by molar-refractivity contribution is -0.123. The summed E-state index contributed by atoms with van der Waals surface area (Å²) in [6.07, 6.45) is 10.5. The lowest BCUT2D eigenvalue weighted by Gasteiger charge is -2.22. The summed E-state index contributed by atoms with van der Waals surface area (Å²) >= 11 is 0. The van der Waals surface area contributed by atoms with E-state index < -0.39 is 33.9 Å². The van der Waals surface area contributed by atoms with Crippen molar-refractivity contribution >= 4 is 21.8 Å². The van der Waals surface area contributed by atoms with Crippen LogP contribution in [0.4, 0.5) is 4.79 Å². The third-order valence-corrected chi connectivity index (χ3v) is 9.46. The fourth-order valence-corrected chi connectivity index (χ4v) is 6.38. The molecule has 4 rings (SSSR count). The van der Waals surface area contributed by atoms with E-state index in [0.717, 1.165) is 41.5 Å². The largest absolute Gasteiger partial charge is 0.445 e. The first-order chi connectivity index (χ1) is 23.8. The molecule has 0 aliphatic carbocycles. The van der Waals surface area contributed by atoms with Gasteiger partial charge < -0.3 is 15.4 Å². The first-order valence-electron chi connectivity index (χ1n) is 17.0. The van der Waals surface area contributed by atoms with E-state index in [2.05, 4.69) is 27.9 Å². The Labute approximate surface area is 289 Å². The number of aromatic nitrogens is 3. The van der Waals surface area contributed by atoms with Gasteiger partial charge in [-0.2, -0.15) is 0 Å². The monoisotopic (exact) mass is 685 g/mol. The van der Waals surface area contributed by atoms with Crippen molar-refractivity contribution in [2.45, 2.75) is 94.8 Å². The number of rotatable bonds is 20. The van der Waals surface area contributed by atoms with Gasteiger partial charge in [0.2, 0.25) is 5.91 Å². The Morgan fingerprint density at radius 1 is 0.837 bits per heavy atom. The average molecular weight is 686 g/mol. The van der Waals surface area contributed by atoms with E-state index >= 15 is 0 Å². The Kier molecular flexibility index (Phi) is 15.1. The van der Waals surface area contributed by atoms with Gasteiger partial charge in [-0.1, -0.05) is 116 Å². The molecule has 0 aliphatic rings. The van der Waals surface area contributed by atoms with Crippen LogP contribution < -0.4 is 10.6 Å². The molecule has 260 valence electrons. The summed E-state index contributed by atoms with van der Waals surface area (Å²) in [5, 5.41) is 15.4. The summed E-state index contributed by atoms with van der Waals surface area (Å²) < 4.78 is 33.4. The number of alkyl carbamates (subject to hydrolysis) is 1. The molecule has 49 heavy (non-hydrogen) atoms. The minimum Gasteiger partial charge on any atom is -0.445 e. The van der Waals surface area contributed by atoms with E-state index in [9.17, 15) is 18.0 Å². The lowest BCUT2D eigenvalue weighted by atomic mass is 10.0. The number of aryl methyl sites for hydroxylation is 2. The highest BCUT2D eigenvalue weighted by atomic mass is 32.2. The second-order valence-electron chi connectivity index (χ2n) is 12.0. The lowest BCUT2D eigenvalue weighted by Crippen LogP contribution is -2.50. The molecule has 0 spiro atoms. The van der Waals surface area contributed by atoms with E-state index in [4.69, 9.17) is 4.74 Å². The maximum atomic E-state index is 13.8. The number of carbonyl (C=O) groups is 2. The van der Waals surface area contributed by atoms with Crippen LogP contribution in [-0.4, -0.2) is 47.5 Å². The number of hydrogen-bond acceptors (Lipinski definition) is 7. The molecule has 0 bridgehead atoms. The number of ether oxygens (including phenoxy) is 1. The Hall–Kier alpha value is -4.77. The van der Waals surface area contributed by atoms with Crippen molar-refractivity contribution < 1.29 is 22.7 Å². The summed E-state index contributed by atoms with van der Waals surface area (Å²) in [6, 6.07) is 25.2. The minimum absolute atomic E-state index is 0.0567. The smallest absolute Gasteiger partial charge is 0.408 e. The van der Waals surface area contributed by atoms with Crippen LogP contribution in [0.25, 0.3) is 0 Å². The van der Waals surface area contributed by atoms with Crippen LogP contribution in [0.3, 0.4) is 0 Å². The van der Waals surface area contributed by atoms with Crippen molar-refractivity contribution in [3.63, 3.8) is 0 Å². The molecular formula is C38H47N5O5S. The van der Waals surface area contributed by atoms with E-state index in [1.54, 1.807) is 18.2 Å². The third kappa shape index (κ3) is 13.3. The molecule has 0 saturated heterocycles. The summed E-state index contributed by atoms with van der Waals surface area (Å²) in [4.78, 5) is 26.8. The predicted octanol–water partition coefficient (Wildman–Crippen LogP) is 6.58. The van der Waals surface area contributed by atoms with Crippen molar-refractivity contribution in [1.29, 1.82) is 0 Å². The SMILES string of the molecule is CCCCCCc1cn(CCCC[C@@H](/C=C/S(=O)(=O)c2ccccc2)NC(=O)[C@H](Cc2ccccc2)NC(=O)OCc2ccccc2)nn1. The first kappa shape index (κ1) is 37.1. The number of nitrogens with zero attached hydrogens (tertiary/aromatic N) is 3. The highest BCUT2D eigenvalue weighted by Crippen LogP contribution is 2.14. The maximum absolute atomic E-state index is 13.8. The average Bonchev–Trinajstić information content (AvgIpc) is 3.58. The summed E-state index contributed by atoms with van der Waals surface area (Å²) in [5.74, 6) is -0.448. The van der Waals surface area contributed by atoms with Crippen molar-refractivity contribution in [3.05, 3.63) is 125 Å². The number of amides is 2. The van der Waals surface area contributed by atoms with Crippen LogP contribution in [0.15, 0.2) is 114 Å². The number of sulfone groups is 1. The van der Waals surface area contributed by atoms with E-state index in [1.165, 1.54) is 37.5 Å². The molecule has 3 aromatic carbocycles. The molecule has 2 N–H and O–H groups in total. The molecule has 0 fully saturated rings. The molecule has 0 aliphatic heterocycles. The molecule has 2 amide bonds. The van der Waals surface area contributed by atoms with Crippen molar-refractivity contribution in [3.8, 4) is 0 Å². The predicted molar refractivity (Wildman–Crippen MR) is 190 cm³/mol. The highest BCUT2D eigenvalue weighted by molar-refractivity contribution is 7.94. The zero-order chi connectivity index (χ0) is 34.7. The minimum atomic E-state index is -3.74. The Balaban J connectivity index is 1.42. The van der Waals surface area contributed by atoms with Gasteiger partial charge in [-0.05, 0) is 55.4 Å². The number of hydrogen-bond donors (Lipinski definition) is 2. The van der Waals surface area contributed by atoms with Gasteiger partial charge in [-0.3, -0.25) is 9.48 Å². The Morgan fingerprint density at radius 3 is 2.20 bits per heavy atom. The topological polar surface area (TPSA) is 132 Å². The number of benzene rings is 3.